The Balaban J connectivity index is 2.91. The highest BCUT2D eigenvalue weighted by atomic mass is 16.6. The predicted molar refractivity (Wildman–Crippen MR) is 41.6 cm³/mol. The van der Waals surface area contributed by atoms with E-state index in [0.717, 1.165) is 0 Å². The lowest BCUT2D eigenvalue weighted by Gasteiger charge is -1.97. The lowest BCUT2D eigenvalue weighted by atomic mass is 10.3. The molecule has 12 heavy (non-hydrogen) atoms. The summed E-state index contributed by atoms with van der Waals surface area (Å²) in [6.45, 7) is 5.34. The zero-order valence-corrected chi connectivity index (χ0v) is 6.54. The monoisotopic (exact) mass is 168 g/mol. The van der Waals surface area contributed by atoms with Crippen LogP contribution in [0.1, 0.15) is 13.0 Å². The van der Waals surface area contributed by atoms with Gasteiger partial charge in [0.2, 0.25) is 6.33 Å². The Morgan fingerprint density at radius 3 is 3.00 bits per heavy atom. The molecule has 1 rings (SSSR count). The van der Waals surface area contributed by atoms with Crippen molar-refractivity contribution in [3.05, 3.63) is 29.1 Å². The Morgan fingerprint density at radius 2 is 2.58 bits per heavy atom. The molecule has 0 aliphatic heterocycles. The van der Waals surface area contributed by atoms with Crippen molar-refractivity contribution in [2.24, 2.45) is 0 Å². The molecule has 1 atom stereocenters. The van der Waals surface area contributed by atoms with Gasteiger partial charge in [0.1, 0.15) is 0 Å². The van der Waals surface area contributed by atoms with Crippen molar-refractivity contribution < 1.29 is 4.92 Å². The molecule has 1 heterocycles. The second kappa shape index (κ2) is 3.12. The number of rotatable bonds is 3. The Labute approximate surface area is 68.7 Å². The summed E-state index contributed by atoms with van der Waals surface area (Å²) in [6, 6.07) is -0.0776. The molecule has 6 nitrogen and oxygen atoms in total. The second-order valence-corrected chi connectivity index (χ2v) is 2.26. The Morgan fingerprint density at radius 1 is 1.92 bits per heavy atom. The topological polar surface area (TPSA) is 73.8 Å². The van der Waals surface area contributed by atoms with E-state index in [4.69, 9.17) is 0 Å². The van der Waals surface area contributed by atoms with Crippen molar-refractivity contribution in [1.29, 1.82) is 0 Å². The average molecular weight is 168 g/mol. The zero-order valence-electron chi connectivity index (χ0n) is 6.54. The number of nitrogens with zero attached hydrogens (tertiary/aromatic N) is 4. The van der Waals surface area contributed by atoms with Gasteiger partial charge in [0.05, 0.1) is 6.04 Å². The van der Waals surface area contributed by atoms with Gasteiger partial charge >= 0.3 is 5.95 Å². The van der Waals surface area contributed by atoms with Crippen LogP contribution in [0.5, 0.6) is 0 Å². The second-order valence-electron chi connectivity index (χ2n) is 2.26. The highest BCUT2D eigenvalue weighted by molar-refractivity contribution is 4.98. The molecule has 0 saturated heterocycles. The molecule has 0 amide bonds. The lowest BCUT2D eigenvalue weighted by molar-refractivity contribution is -0.394. The van der Waals surface area contributed by atoms with Gasteiger partial charge in [-0.05, 0) is 11.8 Å². The zero-order chi connectivity index (χ0) is 9.14. The molecular weight excluding hydrogens is 160 g/mol. The minimum atomic E-state index is -0.633. The molecule has 0 saturated carbocycles. The smallest absolute Gasteiger partial charge is 0.390 e. The van der Waals surface area contributed by atoms with Crippen LogP contribution in [0.2, 0.25) is 0 Å². The summed E-state index contributed by atoms with van der Waals surface area (Å²) in [5, 5.41) is 13.8. The van der Waals surface area contributed by atoms with E-state index in [1.54, 1.807) is 6.08 Å². The van der Waals surface area contributed by atoms with Gasteiger partial charge in [-0.15, -0.1) is 6.58 Å². The molecule has 64 valence electrons. The third-order valence-corrected chi connectivity index (χ3v) is 1.42. The van der Waals surface area contributed by atoms with Crippen LogP contribution in [0.3, 0.4) is 0 Å². The van der Waals surface area contributed by atoms with Gasteiger partial charge in [0.15, 0.2) is 0 Å². The van der Waals surface area contributed by atoms with Crippen molar-refractivity contribution in [1.82, 2.24) is 14.8 Å². The average Bonchev–Trinajstić information content (AvgIpc) is 2.51. The summed E-state index contributed by atoms with van der Waals surface area (Å²) in [5.41, 5.74) is 0. The first-order valence-electron chi connectivity index (χ1n) is 3.33. The molecule has 1 aromatic heterocycles. The first-order valence-corrected chi connectivity index (χ1v) is 3.33. The van der Waals surface area contributed by atoms with E-state index in [0.29, 0.717) is 0 Å². The largest absolute Gasteiger partial charge is 0.490 e. The maximum absolute atomic E-state index is 10.2. The minimum absolute atomic E-state index is 0.0776. The molecule has 0 aliphatic rings. The molecule has 0 spiro atoms. The molecule has 0 radical (unpaired) electrons. The molecule has 1 unspecified atom stereocenters. The summed E-state index contributed by atoms with van der Waals surface area (Å²) in [7, 11) is 0. The van der Waals surface area contributed by atoms with E-state index in [2.05, 4.69) is 16.7 Å². The highest BCUT2D eigenvalue weighted by Gasteiger charge is 2.14. The summed E-state index contributed by atoms with van der Waals surface area (Å²) < 4.78 is 1.38. The third-order valence-electron chi connectivity index (χ3n) is 1.42. The molecule has 0 fully saturated rings. The predicted octanol–water partition coefficient (Wildman–Crippen LogP) is 0.933. The maximum atomic E-state index is 10.2. The molecule has 6 heteroatoms. The van der Waals surface area contributed by atoms with Crippen molar-refractivity contribution in [2.45, 2.75) is 13.0 Å². The summed E-state index contributed by atoms with van der Waals surface area (Å²) in [5.74, 6) is -0.385. The fourth-order valence-corrected chi connectivity index (χ4v) is 0.654. The van der Waals surface area contributed by atoms with Crippen LogP contribution >= 0.6 is 0 Å². The lowest BCUT2D eigenvalue weighted by Crippen LogP contribution is -2.02. The SMILES string of the molecule is C=CC(C)n1cnc([N+](=O)[O-])n1. The van der Waals surface area contributed by atoms with E-state index in [1.165, 1.54) is 11.0 Å². The Kier molecular flexibility index (Phi) is 2.18. The molecular formula is C6H8N4O2. The summed E-state index contributed by atoms with van der Waals surface area (Å²) >= 11 is 0. The van der Waals surface area contributed by atoms with Gasteiger partial charge in [0, 0.05) is 5.10 Å². The number of hydrogen-bond donors (Lipinski definition) is 0. The Hall–Kier alpha value is -1.72. The molecule has 0 aliphatic carbocycles. The van der Waals surface area contributed by atoms with Crippen LogP contribution in [0, 0.1) is 10.1 Å². The molecule has 0 bridgehead atoms. The number of aromatic nitrogens is 3. The van der Waals surface area contributed by atoms with Crippen molar-refractivity contribution in [2.75, 3.05) is 0 Å². The van der Waals surface area contributed by atoms with Gasteiger partial charge < -0.3 is 10.1 Å². The van der Waals surface area contributed by atoms with Crippen LogP contribution < -0.4 is 0 Å². The van der Waals surface area contributed by atoms with Crippen molar-refractivity contribution >= 4 is 5.95 Å². The standard InChI is InChI=1S/C6H8N4O2/c1-3-5(2)9-4-7-6(8-9)10(11)12/h3-5H,1H2,2H3. The van der Waals surface area contributed by atoms with Gasteiger partial charge in [0.25, 0.3) is 0 Å². The fraction of sp³-hybridized carbons (Fsp3) is 0.333. The van der Waals surface area contributed by atoms with Gasteiger partial charge in [-0.3, -0.25) is 0 Å². The van der Waals surface area contributed by atoms with Crippen molar-refractivity contribution in [3.8, 4) is 0 Å². The quantitative estimate of drug-likeness (QED) is 0.382. The van der Waals surface area contributed by atoms with E-state index in [9.17, 15) is 10.1 Å². The van der Waals surface area contributed by atoms with Gasteiger partial charge in [-0.2, -0.15) is 4.68 Å². The minimum Gasteiger partial charge on any atom is -0.390 e. The van der Waals surface area contributed by atoms with E-state index in [-0.39, 0.29) is 12.0 Å². The Bertz CT molecular complexity index is 306. The van der Waals surface area contributed by atoms with Crippen molar-refractivity contribution in [3.63, 3.8) is 0 Å². The molecule has 0 aromatic carbocycles. The third kappa shape index (κ3) is 1.47. The summed E-state index contributed by atoms with van der Waals surface area (Å²) in [4.78, 5) is 13.0. The van der Waals surface area contributed by atoms with Crippen LogP contribution in [0.25, 0.3) is 0 Å². The van der Waals surface area contributed by atoms with Gasteiger partial charge in [-0.1, -0.05) is 11.1 Å². The van der Waals surface area contributed by atoms with E-state index >= 15 is 0 Å². The number of allylic oxidation sites excluding steroid dienone is 1. The van der Waals surface area contributed by atoms with Crippen LogP contribution in [0.15, 0.2) is 19.0 Å². The van der Waals surface area contributed by atoms with E-state index in [1.807, 2.05) is 6.92 Å². The van der Waals surface area contributed by atoms with Crippen LogP contribution in [-0.4, -0.2) is 19.7 Å². The summed E-state index contributed by atoms with van der Waals surface area (Å²) in [6.07, 6.45) is 2.93. The fourth-order valence-electron chi connectivity index (χ4n) is 0.654. The number of nitro groups is 1. The normalized spacial score (nSPS) is 12.4. The maximum Gasteiger partial charge on any atom is 0.490 e. The molecule has 0 N–H and O–H groups in total. The molecule has 1 aromatic rings. The first kappa shape index (κ1) is 8.38. The number of hydrogen-bond acceptors (Lipinski definition) is 4. The van der Waals surface area contributed by atoms with Gasteiger partial charge in [-0.25, -0.2) is 0 Å². The highest BCUT2D eigenvalue weighted by Crippen LogP contribution is 2.07. The van der Waals surface area contributed by atoms with Crippen LogP contribution in [0.4, 0.5) is 5.95 Å². The van der Waals surface area contributed by atoms with Crippen LogP contribution in [-0.2, 0) is 0 Å². The first-order chi connectivity index (χ1) is 5.65. The van der Waals surface area contributed by atoms with E-state index < -0.39 is 4.92 Å².